The molecule has 198 valence electrons. The minimum Gasteiger partial charge on any atom is -0.478 e. The van der Waals surface area contributed by atoms with Crippen LogP contribution in [0.25, 0.3) is 15.7 Å². The Morgan fingerprint density at radius 2 is 1.63 bits per heavy atom. The molecule has 0 spiro atoms. The first kappa shape index (κ1) is 26.8. The van der Waals surface area contributed by atoms with E-state index in [0.29, 0.717) is 5.39 Å². The van der Waals surface area contributed by atoms with Gasteiger partial charge in [0.05, 0.1) is 15.5 Å². The zero-order chi connectivity index (χ0) is 27.9. The van der Waals surface area contributed by atoms with Crippen molar-refractivity contribution in [3.05, 3.63) is 91.3 Å². The molecule has 0 radical (unpaired) electrons. The Morgan fingerprint density at radius 1 is 1.00 bits per heavy atom. The van der Waals surface area contributed by atoms with Crippen LogP contribution < -0.4 is 5.32 Å². The van der Waals surface area contributed by atoms with Gasteiger partial charge >= 0.3 is 16.9 Å². The summed E-state index contributed by atoms with van der Waals surface area (Å²) in [5.41, 5.74) is -0.868. The molecule has 0 unspecified atom stereocenters. The van der Waals surface area contributed by atoms with E-state index in [2.05, 4.69) is 16.4 Å². The first-order chi connectivity index (χ1) is 18.0. The summed E-state index contributed by atoms with van der Waals surface area (Å²) in [6.45, 7) is 7.24. The smallest absolute Gasteiger partial charge is 0.339 e. The van der Waals surface area contributed by atoms with Gasteiger partial charge in [0.25, 0.3) is 5.91 Å². The van der Waals surface area contributed by atoms with Gasteiger partial charge in [0.15, 0.2) is 0 Å². The minimum absolute atomic E-state index is 0.0761. The number of carboxylic acid groups (broad SMARTS) is 2. The van der Waals surface area contributed by atoms with Gasteiger partial charge in [0.1, 0.15) is 5.57 Å². The van der Waals surface area contributed by atoms with Crippen molar-refractivity contribution < 1.29 is 29.5 Å². The van der Waals surface area contributed by atoms with Gasteiger partial charge in [-0.25, -0.2) is 9.59 Å². The van der Waals surface area contributed by atoms with Crippen molar-refractivity contribution in [1.82, 2.24) is 5.32 Å². The second-order valence-corrected chi connectivity index (χ2v) is 15.1. The lowest BCUT2D eigenvalue weighted by atomic mass is 10.0. The average molecular weight is 556 g/mol. The summed E-state index contributed by atoms with van der Waals surface area (Å²) < 4.78 is 4.52. The number of benzene rings is 2. The summed E-state index contributed by atoms with van der Waals surface area (Å²) in [6.07, 6.45) is 0. The molecule has 1 amide bonds. The molecule has 0 fully saturated rings. The number of carbonyl (C=O) groups is 3. The quantitative estimate of drug-likeness (QED) is 0.124. The first-order valence-electron chi connectivity index (χ1n) is 11.5. The van der Waals surface area contributed by atoms with Gasteiger partial charge < -0.3 is 15.5 Å². The Morgan fingerprint density at radius 3 is 2.18 bits per heavy atom. The summed E-state index contributed by atoms with van der Waals surface area (Å²) in [4.78, 5) is 50.2. The molecule has 0 bridgehead atoms. The number of nitrogens with zero attached hydrogens (tertiary/aromatic N) is 2. The second-order valence-electron chi connectivity index (χ2n) is 8.66. The van der Waals surface area contributed by atoms with E-state index in [-0.39, 0.29) is 36.9 Å². The fourth-order valence-electron chi connectivity index (χ4n) is 5.22. The van der Waals surface area contributed by atoms with Gasteiger partial charge in [0.2, 0.25) is 0 Å². The average Bonchev–Trinajstić information content (AvgIpc) is 3.49. The molecule has 10 nitrogen and oxygen atoms in total. The molecule has 4 rings (SSSR count). The third kappa shape index (κ3) is 3.72. The van der Waals surface area contributed by atoms with E-state index in [4.69, 9.17) is 0 Å². The predicted octanol–water partition coefficient (Wildman–Crippen LogP) is 5.07. The van der Waals surface area contributed by atoms with Crippen LogP contribution in [-0.4, -0.2) is 51.2 Å². The Kier molecular flexibility index (Phi) is 6.72. The van der Waals surface area contributed by atoms with Gasteiger partial charge in [-0.3, -0.25) is 19.3 Å². The van der Waals surface area contributed by atoms with Crippen LogP contribution in [-0.2, 0) is 9.59 Å². The molecule has 2 heterocycles. The highest BCUT2D eigenvalue weighted by atomic mass is 32.3. The van der Waals surface area contributed by atoms with Crippen LogP contribution in [0.2, 0.25) is 0 Å². The molecular weight excluding hydrogens is 530 g/mol. The zero-order valence-corrected chi connectivity index (χ0v) is 22.2. The fourth-order valence-corrected chi connectivity index (χ4v) is 11.8. The molecule has 1 aliphatic rings. The van der Waals surface area contributed by atoms with Crippen LogP contribution in [0.1, 0.15) is 29.1 Å². The molecule has 0 aliphatic carbocycles. The van der Waals surface area contributed by atoms with Crippen LogP contribution in [0.5, 0.6) is 0 Å². The minimum atomic E-state index is -4.19. The molecule has 1 aliphatic heterocycles. The molecule has 12 heteroatoms. The third-order valence-electron chi connectivity index (χ3n) is 7.18. The summed E-state index contributed by atoms with van der Waals surface area (Å²) >= 11 is 0.732. The van der Waals surface area contributed by atoms with E-state index < -0.39 is 43.3 Å². The Bertz CT molecular complexity index is 1610. The van der Waals surface area contributed by atoms with E-state index >= 15 is 0 Å². The molecule has 3 N–H and O–H groups in total. The van der Waals surface area contributed by atoms with E-state index in [0.717, 1.165) is 16.7 Å². The largest absolute Gasteiger partial charge is 0.478 e. The lowest BCUT2D eigenvalue weighted by molar-refractivity contribution is -0.380. The highest BCUT2D eigenvalue weighted by molar-refractivity contribution is 8.58. The van der Waals surface area contributed by atoms with Crippen LogP contribution in [0.15, 0.2) is 75.2 Å². The highest BCUT2D eigenvalue weighted by Crippen LogP contribution is 2.87. The number of hydrogen-bond acceptors (Lipinski definition) is 7. The van der Waals surface area contributed by atoms with Crippen molar-refractivity contribution in [2.45, 2.75) is 13.8 Å². The number of nitro groups is 1. The standard InChI is InChI=1S/C26H25N3O7S2/c1-4-38(5-2,27-3)22(18-13-14-19(37-18)29(35)36)20(25(31)32)21(26(33)34)24(38)28-23(30)17-12-8-10-15-9-6-7-11-16(15)17/h6-14,38H,3-5H2,1-2H3,(H,28,30)(H,31,32)(H,33,34). The first-order valence-corrected chi connectivity index (χ1v) is 14.9. The summed E-state index contributed by atoms with van der Waals surface area (Å²) in [5, 5.41) is 35.9. The number of thiophene rings is 1. The number of hydrogen-bond donors (Lipinski definition) is 4. The fraction of sp³-hybridized carbons (Fsp3) is 0.154. The number of amides is 1. The van der Waals surface area contributed by atoms with E-state index in [1.165, 1.54) is 12.1 Å². The number of thiol groups is 1. The monoisotopic (exact) mass is 555 g/mol. The molecule has 2 aromatic carbocycles. The van der Waals surface area contributed by atoms with Gasteiger partial charge in [0, 0.05) is 21.4 Å². The number of carbonyl (C=O) groups excluding carboxylic acids is 1. The van der Waals surface area contributed by atoms with Crippen molar-refractivity contribution in [2.24, 2.45) is 4.40 Å². The van der Waals surface area contributed by atoms with Gasteiger partial charge in [-0.1, -0.05) is 61.6 Å². The number of nitrogens with one attached hydrogen (secondary N) is 1. The lowest BCUT2D eigenvalue weighted by Gasteiger charge is -2.58. The molecule has 0 saturated carbocycles. The molecule has 3 aromatic rings. The van der Waals surface area contributed by atoms with Crippen molar-refractivity contribution in [3.63, 3.8) is 0 Å². The summed E-state index contributed by atoms with van der Waals surface area (Å²) in [7, 11) is -4.19. The van der Waals surface area contributed by atoms with Crippen LogP contribution >= 0.6 is 20.7 Å². The van der Waals surface area contributed by atoms with Crippen molar-refractivity contribution >= 4 is 65.9 Å². The van der Waals surface area contributed by atoms with Crippen LogP contribution in [0.3, 0.4) is 0 Å². The number of rotatable bonds is 9. The maximum absolute atomic E-state index is 13.7. The number of aliphatic carboxylic acids is 2. The molecule has 1 aromatic heterocycles. The second kappa shape index (κ2) is 9.54. The molecular formula is C26H25N3O7S2. The molecule has 38 heavy (non-hydrogen) atoms. The predicted molar refractivity (Wildman–Crippen MR) is 151 cm³/mol. The Labute approximate surface area is 221 Å². The van der Waals surface area contributed by atoms with Gasteiger partial charge in [-0.2, -0.15) is 9.35 Å². The van der Waals surface area contributed by atoms with Gasteiger partial charge in [-0.05, 0) is 41.1 Å². The number of fused-ring (bicyclic) bond motifs is 1. The maximum atomic E-state index is 13.7. The van der Waals surface area contributed by atoms with Crippen LogP contribution in [0.4, 0.5) is 5.00 Å². The Hall–Kier alpha value is -4.29. The normalized spacial score (nSPS) is 17.1. The third-order valence-corrected chi connectivity index (χ3v) is 14.7. The maximum Gasteiger partial charge on any atom is 0.339 e. The van der Waals surface area contributed by atoms with Crippen LogP contribution in [0, 0.1) is 10.1 Å². The van der Waals surface area contributed by atoms with Crippen molar-refractivity contribution in [1.29, 1.82) is 0 Å². The highest BCUT2D eigenvalue weighted by Gasteiger charge is 2.56. The molecule has 0 saturated heterocycles. The zero-order valence-electron chi connectivity index (χ0n) is 20.5. The topological polar surface area (TPSA) is 159 Å². The lowest BCUT2D eigenvalue weighted by Crippen LogP contribution is -2.34. The molecule has 0 atom stereocenters. The van der Waals surface area contributed by atoms with E-state index in [1.807, 2.05) is 18.2 Å². The number of carboxylic acids is 2. The van der Waals surface area contributed by atoms with Gasteiger partial charge in [-0.15, -0.1) is 0 Å². The van der Waals surface area contributed by atoms with Crippen molar-refractivity contribution in [2.75, 3.05) is 11.5 Å². The van der Waals surface area contributed by atoms with Crippen molar-refractivity contribution in [3.8, 4) is 0 Å². The van der Waals surface area contributed by atoms with E-state index in [9.17, 15) is 34.7 Å². The summed E-state index contributed by atoms with van der Waals surface area (Å²) in [6, 6.07) is 14.9. The Balaban J connectivity index is 2.04. The summed E-state index contributed by atoms with van der Waals surface area (Å²) in [5.74, 6) is -3.44. The SMILES string of the molecule is C=N[SH]1(CC)(CC)C(NC(=O)c2cccc3ccccc23)=C(C(=O)O)C(C(=O)O)=C1c1ccc([N+](=O)[O-])s1. The van der Waals surface area contributed by atoms with E-state index in [1.54, 1.807) is 38.1 Å².